The number of fused-ring (bicyclic) bond motifs is 1. The molecule has 4 heterocycles. The number of carbonyl (C=O) groups is 2. The Hall–Kier alpha value is -3.86. The van der Waals surface area contributed by atoms with Crippen LogP contribution in [0.2, 0.25) is 5.02 Å². The molecular formula is C27H30ClFN8O2. The van der Waals surface area contributed by atoms with Crippen molar-refractivity contribution in [3.05, 3.63) is 64.2 Å². The second kappa shape index (κ2) is 9.41. The maximum absolute atomic E-state index is 14.2. The number of nitrogens with one attached hydrogen (secondary N) is 1. The van der Waals surface area contributed by atoms with Crippen molar-refractivity contribution in [2.75, 3.05) is 19.6 Å². The van der Waals surface area contributed by atoms with E-state index < -0.39 is 11.4 Å². The molecule has 0 radical (unpaired) electrons. The molecule has 1 aromatic carbocycles. The van der Waals surface area contributed by atoms with Gasteiger partial charge >= 0.3 is 0 Å². The number of nitrogens with zero attached hydrogens (tertiary/aromatic N) is 7. The van der Waals surface area contributed by atoms with Crippen LogP contribution in [0.15, 0.2) is 30.5 Å². The van der Waals surface area contributed by atoms with Crippen LogP contribution in [0.5, 0.6) is 0 Å². The lowest BCUT2D eigenvalue weighted by atomic mass is 9.87. The number of amides is 2. The van der Waals surface area contributed by atoms with Crippen molar-refractivity contribution in [1.29, 1.82) is 0 Å². The van der Waals surface area contributed by atoms with Gasteiger partial charge in [0.2, 0.25) is 5.82 Å². The summed E-state index contributed by atoms with van der Waals surface area (Å²) in [7, 11) is 0. The van der Waals surface area contributed by atoms with E-state index in [4.69, 9.17) is 16.6 Å². The van der Waals surface area contributed by atoms with Gasteiger partial charge in [0.05, 0.1) is 22.5 Å². The normalized spacial score (nSPS) is 15.7. The van der Waals surface area contributed by atoms with E-state index >= 15 is 0 Å². The smallest absolute Gasteiger partial charge is 0.293 e. The van der Waals surface area contributed by atoms with Gasteiger partial charge in [-0.1, -0.05) is 38.4 Å². The number of imidazole rings is 1. The van der Waals surface area contributed by atoms with Gasteiger partial charge in [-0.2, -0.15) is 5.10 Å². The number of hydrogen-bond donors (Lipinski definition) is 1. The highest BCUT2D eigenvalue weighted by Gasteiger charge is 2.40. The fourth-order valence-electron chi connectivity index (χ4n) is 4.85. The highest BCUT2D eigenvalue weighted by atomic mass is 35.5. The lowest BCUT2D eigenvalue weighted by Crippen LogP contribution is -2.62. The Morgan fingerprint density at radius 1 is 1.10 bits per heavy atom. The number of halogens is 2. The van der Waals surface area contributed by atoms with Crippen molar-refractivity contribution in [2.24, 2.45) is 0 Å². The summed E-state index contributed by atoms with van der Waals surface area (Å²) in [5, 5.41) is 11.4. The monoisotopic (exact) mass is 552 g/mol. The summed E-state index contributed by atoms with van der Waals surface area (Å²) in [6.07, 6.45) is 1.60. The SMILES string of the molecule is Cc1nc(C(=O)N2CCN(C(=O)c3cn4nc(-c5ccc(Cl)c(F)c5)cc(C(C)(C)C)c4n3)C(C)(C)C2)n[nH]1. The first kappa shape index (κ1) is 26.7. The Labute approximate surface area is 230 Å². The molecule has 3 aromatic heterocycles. The molecule has 0 saturated carbocycles. The average molecular weight is 553 g/mol. The molecule has 5 rings (SSSR count). The maximum atomic E-state index is 14.2. The number of benzene rings is 1. The summed E-state index contributed by atoms with van der Waals surface area (Å²) in [5.74, 6) is -0.401. The van der Waals surface area contributed by atoms with Crippen molar-refractivity contribution in [3.63, 3.8) is 0 Å². The summed E-state index contributed by atoms with van der Waals surface area (Å²) in [6.45, 7) is 12.7. The number of H-pyrrole nitrogens is 1. The molecule has 2 amide bonds. The number of piperazine rings is 1. The third kappa shape index (κ3) is 4.98. The first-order valence-electron chi connectivity index (χ1n) is 12.6. The zero-order valence-corrected chi connectivity index (χ0v) is 23.5. The van der Waals surface area contributed by atoms with Gasteiger partial charge in [0.25, 0.3) is 11.8 Å². The molecule has 1 aliphatic rings. The molecule has 4 aromatic rings. The van der Waals surface area contributed by atoms with E-state index in [1.807, 2.05) is 40.7 Å². The second-order valence-corrected chi connectivity index (χ2v) is 11.9. The quantitative estimate of drug-likeness (QED) is 0.406. The van der Waals surface area contributed by atoms with Gasteiger partial charge in [-0.3, -0.25) is 14.7 Å². The van der Waals surface area contributed by atoms with E-state index in [1.54, 1.807) is 33.5 Å². The topological polar surface area (TPSA) is 112 Å². The zero-order valence-electron chi connectivity index (χ0n) is 22.7. The molecule has 1 fully saturated rings. The third-order valence-electron chi connectivity index (χ3n) is 6.89. The minimum Gasteiger partial charge on any atom is -0.332 e. The van der Waals surface area contributed by atoms with Crippen LogP contribution in [-0.2, 0) is 5.41 Å². The number of carbonyl (C=O) groups excluding carboxylic acids is 2. The van der Waals surface area contributed by atoms with Gasteiger partial charge in [0.1, 0.15) is 17.3 Å². The highest BCUT2D eigenvalue weighted by Crippen LogP contribution is 2.32. The molecule has 12 heteroatoms. The minimum absolute atomic E-state index is 0.0338. The van der Waals surface area contributed by atoms with Crippen LogP contribution in [0.1, 0.15) is 67.1 Å². The van der Waals surface area contributed by atoms with Gasteiger partial charge in [0, 0.05) is 30.8 Å². The van der Waals surface area contributed by atoms with E-state index in [2.05, 4.69) is 20.3 Å². The van der Waals surface area contributed by atoms with Gasteiger partial charge in [-0.05, 0) is 44.4 Å². The Morgan fingerprint density at radius 3 is 2.46 bits per heavy atom. The minimum atomic E-state index is -0.668. The summed E-state index contributed by atoms with van der Waals surface area (Å²) in [6, 6.07) is 6.42. The van der Waals surface area contributed by atoms with Gasteiger partial charge in [-0.25, -0.2) is 18.9 Å². The highest BCUT2D eigenvalue weighted by molar-refractivity contribution is 6.30. The molecule has 0 aliphatic carbocycles. The molecule has 1 aliphatic heterocycles. The largest absolute Gasteiger partial charge is 0.332 e. The predicted molar refractivity (Wildman–Crippen MR) is 144 cm³/mol. The summed E-state index contributed by atoms with van der Waals surface area (Å²) >= 11 is 5.88. The molecule has 1 saturated heterocycles. The Morgan fingerprint density at radius 2 is 1.85 bits per heavy atom. The van der Waals surface area contributed by atoms with Crippen molar-refractivity contribution in [2.45, 2.75) is 52.5 Å². The lowest BCUT2D eigenvalue weighted by Gasteiger charge is -2.46. The number of aromatic nitrogens is 6. The first-order chi connectivity index (χ1) is 18.2. The summed E-state index contributed by atoms with van der Waals surface area (Å²) in [4.78, 5) is 38.9. The molecule has 0 unspecified atom stereocenters. The average Bonchev–Trinajstić information content (AvgIpc) is 3.49. The van der Waals surface area contributed by atoms with Crippen LogP contribution < -0.4 is 0 Å². The molecule has 204 valence electrons. The Balaban J connectivity index is 1.47. The molecular weight excluding hydrogens is 523 g/mol. The summed E-state index contributed by atoms with van der Waals surface area (Å²) in [5.41, 5.74) is 1.75. The fourth-order valence-corrected chi connectivity index (χ4v) is 4.97. The second-order valence-electron chi connectivity index (χ2n) is 11.5. The van der Waals surface area contributed by atoms with E-state index in [1.165, 1.54) is 12.1 Å². The van der Waals surface area contributed by atoms with Crippen molar-refractivity contribution in [3.8, 4) is 11.3 Å². The van der Waals surface area contributed by atoms with Crippen LogP contribution in [0, 0.1) is 12.7 Å². The van der Waals surface area contributed by atoms with Crippen molar-refractivity contribution in [1.82, 2.24) is 39.6 Å². The zero-order chi connectivity index (χ0) is 28.3. The van der Waals surface area contributed by atoms with E-state index in [-0.39, 0.29) is 33.8 Å². The van der Waals surface area contributed by atoms with Crippen LogP contribution >= 0.6 is 11.6 Å². The molecule has 1 N–H and O–H groups in total. The van der Waals surface area contributed by atoms with Gasteiger partial charge in [-0.15, -0.1) is 5.10 Å². The molecule has 0 bridgehead atoms. The Kier molecular flexibility index (Phi) is 6.45. The predicted octanol–water partition coefficient (Wildman–Crippen LogP) is 4.29. The first-order valence-corrected chi connectivity index (χ1v) is 13.0. The van der Waals surface area contributed by atoms with E-state index in [0.717, 1.165) is 5.56 Å². The van der Waals surface area contributed by atoms with Crippen LogP contribution in [-0.4, -0.2) is 76.6 Å². The number of aryl methyl sites for hydroxylation is 1. The molecule has 10 nitrogen and oxygen atoms in total. The van der Waals surface area contributed by atoms with Crippen molar-refractivity contribution < 1.29 is 14.0 Å². The van der Waals surface area contributed by atoms with Crippen LogP contribution in [0.4, 0.5) is 4.39 Å². The standard InChI is InChI=1S/C27H30ClFN8O2/c1-15-30-22(33-32-15)25(39)35-9-10-36(27(5,6)14-35)24(38)21-13-37-23(31-21)17(26(2,3)4)12-20(34-37)16-7-8-18(28)19(29)11-16/h7-8,11-13H,9-10,14H2,1-6H3,(H,30,32,33). The van der Waals surface area contributed by atoms with Crippen LogP contribution in [0.3, 0.4) is 0 Å². The van der Waals surface area contributed by atoms with E-state index in [9.17, 15) is 14.0 Å². The molecule has 0 atom stereocenters. The van der Waals surface area contributed by atoms with Gasteiger partial charge < -0.3 is 9.80 Å². The third-order valence-corrected chi connectivity index (χ3v) is 7.20. The Bertz CT molecular complexity index is 1600. The molecule has 0 spiro atoms. The number of rotatable bonds is 3. The van der Waals surface area contributed by atoms with E-state index in [0.29, 0.717) is 42.4 Å². The van der Waals surface area contributed by atoms with Crippen molar-refractivity contribution >= 4 is 29.1 Å². The maximum Gasteiger partial charge on any atom is 0.293 e. The van der Waals surface area contributed by atoms with Gasteiger partial charge in [0.15, 0.2) is 5.65 Å². The fraction of sp³-hybridized carbons (Fsp3) is 0.407. The number of hydrogen-bond acceptors (Lipinski definition) is 6. The lowest BCUT2D eigenvalue weighted by molar-refractivity contribution is 0.0160. The summed E-state index contributed by atoms with van der Waals surface area (Å²) < 4.78 is 15.8. The number of aromatic amines is 1. The van der Waals surface area contributed by atoms with Crippen LogP contribution in [0.25, 0.3) is 16.9 Å². The molecule has 39 heavy (non-hydrogen) atoms.